The molecule has 1 aromatic rings. The predicted molar refractivity (Wildman–Crippen MR) is 59.6 cm³/mol. The second-order valence-corrected chi connectivity index (χ2v) is 2.96. The molecule has 1 aromatic carbocycles. The molecule has 2 nitrogen and oxygen atoms in total. The fourth-order valence-corrected chi connectivity index (χ4v) is 1.09. The molecule has 0 aliphatic rings. The van der Waals surface area contributed by atoms with Crippen LogP contribution >= 0.6 is 0 Å². The number of hydrogen-bond acceptors (Lipinski definition) is 2. The Balaban J connectivity index is 2.91. The molecule has 0 radical (unpaired) electrons. The van der Waals surface area contributed by atoms with E-state index in [1.165, 1.54) is 0 Å². The van der Waals surface area contributed by atoms with Gasteiger partial charge in [-0.1, -0.05) is 24.3 Å². The number of carbonyl (C=O) groups excluding carboxylic acids is 1. The van der Waals surface area contributed by atoms with Crippen LogP contribution in [-0.4, -0.2) is 12.5 Å². The number of hydrogen-bond donors (Lipinski definition) is 0. The van der Waals surface area contributed by atoms with Crippen molar-refractivity contribution in [1.82, 2.24) is 0 Å². The predicted octanol–water partition coefficient (Wildman–Crippen LogP) is 2.95. The van der Waals surface area contributed by atoms with Gasteiger partial charge in [-0.15, -0.1) is 0 Å². The lowest BCUT2D eigenvalue weighted by atomic mass is 10.1. The normalized spacial score (nSPS) is 12.0. The van der Waals surface area contributed by atoms with E-state index in [4.69, 9.17) is 0 Å². The van der Waals surface area contributed by atoms with Crippen LogP contribution in [0.3, 0.4) is 0 Å². The second kappa shape index (κ2) is 5.12. The average molecular weight is 187 g/mol. The molecule has 14 heavy (non-hydrogen) atoms. The summed E-state index contributed by atoms with van der Waals surface area (Å²) in [7, 11) is 0. The lowest BCUT2D eigenvalue weighted by Crippen LogP contribution is -1.82. The summed E-state index contributed by atoms with van der Waals surface area (Å²) in [5.74, 6) is 0. The Morgan fingerprint density at radius 2 is 1.93 bits per heavy atom. The van der Waals surface area contributed by atoms with Gasteiger partial charge in [-0.25, -0.2) is 0 Å². The first-order valence-electron chi connectivity index (χ1n) is 4.48. The van der Waals surface area contributed by atoms with Gasteiger partial charge in [0.1, 0.15) is 6.29 Å². The SMILES string of the molecule is CC=N/C=C(\C)c1ccc(C=O)cc1. The van der Waals surface area contributed by atoms with E-state index in [1.54, 1.807) is 24.5 Å². The third-order valence-electron chi connectivity index (χ3n) is 1.92. The molecule has 0 bridgehead atoms. The van der Waals surface area contributed by atoms with E-state index in [0.29, 0.717) is 5.56 Å². The molecule has 0 unspecified atom stereocenters. The molecule has 0 N–H and O–H groups in total. The number of rotatable bonds is 3. The quantitative estimate of drug-likeness (QED) is 0.528. The van der Waals surface area contributed by atoms with E-state index < -0.39 is 0 Å². The van der Waals surface area contributed by atoms with Crippen LogP contribution in [0.2, 0.25) is 0 Å². The van der Waals surface area contributed by atoms with Gasteiger partial charge in [-0.2, -0.15) is 0 Å². The second-order valence-electron chi connectivity index (χ2n) is 2.96. The Labute approximate surface area is 84.0 Å². The summed E-state index contributed by atoms with van der Waals surface area (Å²) in [5.41, 5.74) is 2.86. The van der Waals surface area contributed by atoms with Crippen molar-refractivity contribution in [2.45, 2.75) is 13.8 Å². The van der Waals surface area contributed by atoms with Gasteiger partial charge < -0.3 is 0 Å². The molecule has 0 fully saturated rings. The van der Waals surface area contributed by atoms with Crippen molar-refractivity contribution >= 4 is 18.1 Å². The molecule has 0 amide bonds. The summed E-state index contributed by atoms with van der Waals surface area (Å²) in [6.45, 7) is 3.86. The van der Waals surface area contributed by atoms with E-state index in [2.05, 4.69) is 4.99 Å². The van der Waals surface area contributed by atoms with Crippen molar-refractivity contribution < 1.29 is 4.79 Å². The maximum atomic E-state index is 10.4. The monoisotopic (exact) mass is 187 g/mol. The smallest absolute Gasteiger partial charge is 0.150 e. The first-order chi connectivity index (χ1) is 6.77. The Morgan fingerprint density at radius 1 is 1.29 bits per heavy atom. The van der Waals surface area contributed by atoms with E-state index >= 15 is 0 Å². The third-order valence-corrected chi connectivity index (χ3v) is 1.92. The van der Waals surface area contributed by atoms with Crippen molar-refractivity contribution in [2.24, 2.45) is 4.99 Å². The van der Waals surface area contributed by atoms with Crippen LogP contribution in [0.4, 0.5) is 0 Å². The van der Waals surface area contributed by atoms with Gasteiger partial charge in [0.2, 0.25) is 0 Å². The van der Waals surface area contributed by atoms with E-state index in [-0.39, 0.29) is 0 Å². The molecule has 0 aliphatic carbocycles. The molecule has 2 heteroatoms. The number of benzene rings is 1. The third kappa shape index (κ3) is 2.66. The molecule has 0 saturated heterocycles. The van der Waals surface area contributed by atoms with Crippen LogP contribution in [0.25, 0.3) is 5.57 Å². The number of nitrogens with zero attached hydrogens (tertiary/aromatic N) is 1. The minimum Gasteiger partial charge on any atom is -0.298 e. The fraction of sp³-hybridized carbons (Fsp3) is 0.167. The Hall–Kier alpha value is -1.70. The number of aldehydes is 1. The maximum absolute atomic E-state index is 10.4. The lowest BCUT2D eigenvalue weighted by molar-refractivity contribution is 0.112. The summed E-state index contributed by atoms with van der Waals surface area (Å²) in [6, 6.07) is 7.44. The van der Waals surface area contributed by atoms with E-state index in [0.717, 1.165) is 17.4 Å². The molecular weight excluding hydrogens is 174 g/mol. The standard InChI is InChI=1S/C12H13NO/c1-3-13-8-10(2)12-6-4-11(9-14)5-7-12/h3-9H,1-2H3/b10-8+,13-3?. The highest BCUT2D eigenvalue weighted by molar-refractivity contribution is 5.76. The summed E-state index contributed by atoms with van der Waals surface area (Å²) >= 11 is 0. The topological polar surface area (TPSA) is 29.4 Å². The van der Waals surface area contributed by atoms with Crippen molar-refractivity contribution in [3.63, 3.8) is 0 Å². The molecule has 0 atom stereocenters. The van der Waals surface area contributed by atoms with Crippen LogP contribution in [0.1, 0.15) is 29.8 Å². The van der Waals surface area contributed by atoms with Crippen LogP contribution < -0.4 is 0 Å². The first kappa shape index (κ1) is 10.4. The molecule has 0 heterocycles. The van der Waals surface area contributed by atoms with Gasteiger partial charge in [-0.3, -0.25) is 9.79 Å². The Bertz CT molecular complexity index is 360. The van der Waals surface area contributed by atoms with Gasteiger partial charge in [-0.05, 0) is 25.0 Å². The van der Waals surface area contributed by atoms with Gasteiger partial charge >= 0.3 is 0 Å². The Kier molecular flexibility index (Phi) is 3.80. The summed E-state index contributed by atoms with van der Waals surface area (Å²) in [6.07, 6.45) is 4.38. The van der Waals surface area contributed by atoms with E-state index in [9.17, 15) is 4.79 Å². The largest absolute Gasteiger partial charge is 0.298 e. The molecule has 72 valence electrons. The molecule has 0 aliphatic heterocycles. The van der Waals surface area contributed by atoms with Gasteiger partial charge in [0.15, 0.2) is 0 Å². The minimum absolute atomic E-state index is 0.695. The highest BCUT2D eigenvalue weighted by atomic mass is 16.1. The van der Waals surface area contributed by atoms with Crippen LogP contribution in [0, 0.1) is 0 Å². The van der Waals surface area contributed by atoms with Crippen molar-refractivity contribution in [2.75, 3.05) is 0 Å². The molecular formula is C12H13NO. The zero-order valence-electron chi connectivity index (χ0n) is 8.40. The van der Waals surface area contributed by atoms with Crippen molar-refractivity contribution in [3.8, 4) is 0 Å². The summed E-state index contributed by atoms with van der Waals surface area (Å²) < 4.78 is 0. The summed E-state index contributed by atoms with van der Waals surface area (Å²) in [4.78, 5) is 14.5. The van der Waals surface area contributed by atoms with Crippen molar-refractivity contribution in [1.29, 1.82) is 0 Å². The molecule has 0 spiro atoms. The molecule has 0 saturated carbocycles. The van der Waals surface area contributed by atoms with Gasteiger partial charge in [0.25, 0.3) is 0 Å². The lowest BCUT2D eigenvalue weighted by Gasteiger charge is -1.99. The van der Waals surface area contributed by atoms with Crippen LogP contribution in [0.5, 0.6) is 0 Å². The highest BCUT2D eigenvalue weighted by Gasteiger charge is 1.94. The maximum Gasteiger partial charge on any atom is 0.150 e. The zero-order valence-corrected chi connectivity index (χ0v) is 8.40. The number of allylic oxidation sites excluding steroid dienone is 1. The Morgan fingerprint density at radius 3 is 2.43 bits per heavy atom. The fourth-order valence-electron chi connectivity index (χ4n) is 1.09. The van der Waals surface area contributed by atoms with Gasteiger partial charge in [0, 0.05) is 18.0 Å². The molecule has 0 aromatic heterocycles. The summed E-state index contributed by atoms with van der Waals surface area (Å²) in [5, 5.41) is 0. The van der Waals surface area contributed by atoms with E-state index in [1.807, 2.05) is 26.0 Å². The van der Waals surface area contributed by atoms with Gasteiger partial charge in [0.05, 0.1) is 0 Å². The highest BCUT2D eigenvalue weighted by Crippen LogP contribution is 2.13. The van der Waals surface area contributed by atoms with Crippen molar-refractivity contribution in [3.05, 3.63) is 41.6 Å². The number of aliphatic imine (C=N–C) groups is 1. The molecule has 1 rings (SSSR count). The minimum atomic E-state index is 0.695. The average Bonchev–Trinajstić information content (AvgIpc) is 2.26. The van der Waals surface area contributed by atoms with Crippen LogP contribution in [0.15, 0.2) is 35.5 Å². The first-order valence-corrected chi connectivity index (χ1v) is 4.48. The zero-order chi connectivity index (χ0) is 10.4. The van der Waals surface area contributed by atoms with Crippen LogP contribution in [-0.2, 0) is 0 Å². The number of carbonyl (C=O) groups is 1.